The Balaban J connectivity index is 1.36. The summed E-state index contributed by atoms with van der Waals surface area (Å²) in [6.45, 7) is 9.37. The first-order chi connectivity index (χ1) is 16.2. The number of carbonyl (C=O) groups excluding carboxylic acids is 2. The zero-order valence-electron chi connectivity index (χ0n) is 19.7. The van der Waals surface area contributed by atoms with Gasteiger partial charge in [0.05, 0.1) is 22.5 Å². The van der Waals surface area contributed by atoms with Gasteiger partial charge in [-0.1, -0.05) is 5.16 Å². The number of ketones is 1. The summed E-state index contributed by atoms with van der Waals surface area (Å²) in [5, 5.41) is 6.67. The summed E-state index contributed by atoms with van der Waals surface area (Å²) in [6.07, 6.45) is 0. The summed E-state index contributed by atoms with van der Waals surface area (Å²) in [7, 11) is 0. The van der Waals surface area contributed by atoms with Crippen molar-refractivity contribution in [1.82, 2.24) is 14.7 Å². The number of benzene rings is 1. The molecule has 0 aliphatic rings. The minimum Gasteiger partial charge on any atom is -0.489 e. The van der Waals surface area contributed by atoms with E-state index in [-0.39, 0.29) is 12.4 Å². The van der Waals surface area contributed by atoms with Crippen molar-refractivity contribution < 1.29 is 23.6 Å². The highest BCUT2D eigenvalue weighted by atomic mass is 32.1. The minimum atomic E-state index is -0.574. The van der Waals surface area contributed by atoms with E-state index in [1.807, 2.05) is 44.6 Å². The molecule has 0 aliphatic carbocycles. The van der Waals surface area contributed by atoms with Crippen LogP contribution in [0.4, 0.5) is 0 Å². The van der Waals surface area contributed by atoms with Gasteiger partial charge in [-0.2, -0.15) is 0 Å². The van der Waals surface area contributed by atoms with Crippen LogP contribution in [0.15, 0.2) is 40.2 Å². The van der Waals surface area contributed by atoms with Gasteiger partial charge in [-0.3, -0.25) is 9.36 Å². The van der Waals surface area contributed by atoms with Gasteiger partial charge in [0.15, 0.2) is 11.7 Å². The normalized spacial score (nSPS) is 11.0. The number of rotatable bonds is 8. The Bertz CT molecular complexity index is 1330. The second kappa shape index (κ2) is 9.64. The lowest BCUT2D eigenvalue weighted by Crippen LogP contribution is -2.15. The summed E-state index contributed by atoms with van der Waals surface area (Å²) in [4.78, 5) is 29.7. The number of hydrogen-bond donors (Lipinski definition) is 0. The van der Waals surface area contributed by atoms with Gasteiger partial charge in [-0.05, 0) is 65.0 Å². The number of hydrogen-bond acceptors (Lipinski definition) is 8. The first-order valence-corrected chi connectivity index (χ1v) is 11.6. The molecule has 0 radical (unpaired) electrons. The number of aryl methyl sites for hydroxylation is 4. The maximum atomic E-state index is 12.8. The van der Waals surface area contributed by atoms with Crippen molar-refractivity contribution >= 4 is 23.1 Å². The van der Waals surface area contributed by atoms with Crippen LogP contribution in [0.1, 0.15) is 54.8 Å². The van der Waals surface area contributed by atoms with Crippen molar-refractivity contribution in [2.24, 2.45) is 0 Å². The Hall–Kier alpha value is -3.72. The zero-order valence-corrected chi connectivity index (χ0v) is 20.5. The maximum absolute atomic E-state index is 12.8. The average molecular weight is 480 g/mol. The van der Waals surface area contributed by atoms with Crippen molar-refractivity contribution in [1.29, 1.82) is 0 Å². The molecule has 4 aromatic rings. The van der Waals surface area contributed by atoms with Crippen molar-refractivity contribution in [3.8, 4) is 10.9 Å². The van der Waals surface area contributed by atoms with Gasteiger partial charge in [-0.15, -0.1) is 11.3 Å². The Kier molecular flexibility index (Phi) is 6.65. The number of esters is 1. The Morgan fingerprint density at radius 1 is 1.09 bits per heavy atom. The molecule has 9 heteroatoms. The van der Waals surface area contributed by atoms with Crippen molar-refractivity contribution in [2.75, 3.05) is 6.61 Å². The van der Waals surface area contributed by atoms with E-state index in [9.17, 15) is 9.59 Å². The number of thiazole rings is 1. The van der Waals surface area contributed by atoms with E-state index in [0.29, 0.717) is 29.2 Å². The van der Waals surface area contributed by atoms with Crippen LogP contribution >= 0.6 is 11.3 Å². The molecule has 0 fully saturated rings. The molecule has 0 atom stereocenters. The molecule has 0 spiro atoms. The molecule has 0 saturated carbocycles. The van der Waals surface area contributed by atoms with Gasteiger partial charge >= 0.3 is 5.97 Å². The predicted molar refractivity (Wildman–Crippen MR) is 127 cm³/mol. The van der Waals surface area contributed by atoms with Gasteiger partial charge in [0, 0.05) is 22.3 Å². The summed E-state index contributed by atoms with van der Waals surface area (Å²) >= 11 is 1.51. The van der Waals surface area contributed by atoms with Crippen LogP contribution in [0.25, 0.3) is 5.13 Å². The van der Waals surface area contributed by atoms with E-state index in [0.717, 1.165) is 33.5 Å². The first kappa shape index (κ1) is 23.4. The van der Waals surface area contributed by atoms with Gasteiger partial charge in [0.1, 0.15) is 18.1 Å². The molecule has 3 heterocycles. The molecule has 0 amide bonds. The van der Waals surface area contributed by atoms with E-state index >= 15 is 0 Å². The van der Waals surface area contributed by atoms with Crippen LogP contribution in [0, 0.1) is 34.6 Å². The Morgan fingerprint density at radius 3 is 2.44 bits per heavy atom. The largest absolute Gasteiger partial charge is 0.489 e. The third-order valence-electron chi connectivity index (χ3n) is 5.52. The van der Waals surface area contributed by atoms with Crippen molar-refractivity contribution in [3.63, 3.8) is 0 Å². The van der Waals surface area contributed by atoms with Crippen molar-refractivity contribution in [2.45, 2.75) is 41.2 Å². The number of nitrogens with zero attached hydrogens (tertiary/aromatic N) is 3. The van der Waals surface area contributed by atoms with Crippen LogP contribution in [0.5, 0.6) is 5.75 Å². The lowest BCUT2D eigenvalue weighted by molar-refractivity contribution is 0.0474. The first-order valence-electron chi connectivity index (χ1n) is 10.7. The van der Waals surface area contributed by atoms with Crippen LogP contribution < -0.4 is 4.74 Å². The van der Waals surface area contributed by atoms with Gasteiger partial charge in [0.25, 0.3) is 0 Å². The molecular formula is C25H25N3O5S. The molecule has 176 valence electrons. The van der Waals surface area contributed by atoms with Gasteiger partial charge in [0.2, 0.25) is 5.78 Å². The predicted octanol–water partition coefficient (Wildman–Crippen LogP) is 5.08. The zero-order chi connectivity index (χ0) is 24.4. The molecule has 0 unspecified atom stereocenters. The van der Waals surface area contributed by atoms with Crippen LogP contribution in [0.2, 0.25) is 0 Å². The van der Waals surface area contributed by atoms with Crippen LogP contribution in [-0.2, 0) is 11.3 Å². The topological polar surface area (TPSA) is 96.5 Å². The summed E-state index contributed by atoms with van der Waals surface area (Å²) < 4.78 is 18.1. The minimum absolute atomic E-state index is 0.264. The van der Waals surface area contributed by atoms with Gasteiger partial charge < -0.3 is 14.0 Å². The Morgan fingerprint density at radius 2 is 1.82 bits per heavy atom. The number of Topliss-reactive ketones (excluding diaryl/α,β-unsaturated/α-hetero) is 1. The molecule has 34 heavy (non-hydrogen) atoms. The van der Waals surface area contributed by atoms with Gasteiger partial charge in [-0.25, -0.2) is 9.78 Å². The van der Waals surface area contributed by atoms with E-state index in [4.69, 9.17) is 14.0 Å². The molecule has 0 saturated heterocycles. The highest BCUT2D eigenvalue weighted by molar-refractivity contribution is 7.12. The second-order valence-electron chi connectivity index (χ2n) is 8.01. The molecule has 0 aliphatic heterocycles. The number of aromatic nitrogens is 3. The van der Waals surface area contributed by atoms with Crippen LogP contribution in [0.3, 0.4) is 0 Å². The van der Waals surface area contributed by atoms with E-state index in [1.54, 1.807) is 30.3 Å². The van der Waals surface area contributed by atoms with E-state index in [2.05, 4.69) is 10.1 Å². The average Bonchev–Trinajstić information content (AvgIpc) is 3.47. The second-order valence-corrected chi connectivity index (χ2v) is 8.84. The summed E-state index contributed by atoms with van der Waals surface area (Å²) in [6, 6.07) is 8.37. The van der Waals surface area contributed by atoms with Crippen LogP contribution in [-0.4, -0.2) is 33.1 Å². The molecule has 3 aromatic heterocycles. The third-order valence-corrected chi connectivity index (χ3v) is 6.46. The lowest BCUT2D eigenvalue weighted by atomic mass is 10.1. The molecule has 0 N–H and O–H groups in total. The van der Waals surface area contributed by atoms with Crippen molar-refractivity contribution in [3.05, 3.63) is 80.9 Å². The summed E-state index contributed by atoms with van der Waals surface area (Å²) in [5.41, 5.74) is 5.12. The smallest absolute Gasteiger partial charge is 0.338 e. The van der Waals surface area contributed by atoms with E-state index < -0.39 is 5.97 Å². The maximum Gasteiger partial charge on any atom is 0.338 e. The number of carbonyl (C=O) groups is 2. The molecule has 1 aromatic carbocycles. The highest BCUT2D eigenvalue weighted by Crippen LogP contribution is 2.24. The molecule has 4 rings (SSSR count). The van der Waals surface area contributed by atoms with E-state index in [1.165, 1.54) is 11.3 Å². The quantitative estimate of drug-likeness (QED) is 0.257. The fraction of sp³-hybridized carbons (Fsp3) is 0.280. The Labute approximate surface area is 201 Å². The lowest BCUT2D eigenvalue weighted by Gasteiger charge is -2.08. The number of ether oxygens (including phenoxy) is 2. The SMILES string of the molecule is Cc1csc(-n2c(C)cc(C(=O)COC(=O)c3ccc(OCc4c(C)noc4C)cc3)c2C)n1. The molecule has 8 nitrogen and oxygen atoms in total. The molecular weight excluding hydrogens is 454 g/mol. The standard InChI is InChI=1S/C25H25N3O5S/c1-14-13-34-25(26-14)28-15(2)10-21(17(28)4)23(29)12-32-24(30)19-6-8-20(9-7-19)31-11-22-16(3)27-33-18(22)5/h6-10,13H,11-12H2,1-5H3. The third kappa shape index (κ3) is 4.79. The fourth-order valence-corrected chi connectivity index (χ4v) is 4.54. The monoisotopic (exact) mass is 479 g/mol. The highest BCUT2D eigenvalue weighted by Gasteiger charge is 2.20. The fourth-order valence-electron chi connectivity index (χ4n) is 3.63. The summed E-state index contributed by atoms with van der Waals surface area (Å²) in [5.74, 6) is 0.470. The molecule has 0 bridgehead atoms.